The van der Waals surface area contributed by atoms with Crippen LogP contribution in [0.25, 0.3) is 5.41 Å². The van der Waals surface area contributed by atoms with E-state index < -0.39 is 0 Å². The van der Waals surface area contributed by atoms with Crippen LogP contribution in [0.3, 0.4) is 0 Å². The average molecular weight is 383 g/mol. The molecule has 3 heteroatoms. The zero-order valence-corrected chi connectivity index (χ0v) is 9.32. The van der Waals surface area contributed by atoms with Crippen molar-refractivity contribution in [1.82, 2.24) is 0 Å². The molecule has 0 spiro atoms. The minimum Gasteiger partial charge on any atom is -0.911 e. The predicted molar refractivity (Wildman–Crippen MR) is 40.3 cm³/mol. The Bertz CT molecular complexity index is 38.7. The van der Waals surface area contributed by atoms with Crippen molar-refractivity contribution in [2.45, 2.75) is 14.9 Å². The van der Waals surface area contributed by atoms with E-state index in [4.69, 9.17) is 5.41 Å². The summed E-state index contributed by atoms with van der Waals surface area (Å²) in [4.78, 5) is 0. The molecule has 0 fully saturated rings. The van der Waals surface area contributed by atoms with Gasteiger partial charge in [0, 0.05) is 34.1 Å². The Morgan fingerprint density at radius 2 is 1.44 bits per heavy atom. The van der Waals surface area contributed by atoms with E-state index in [1.807, 2.05) is 0 Å². The minimum atomic E-state index is 0. The van der Waals surface area contributed by atoms with Crippen molar-refractivity contribution in [1.29, 1.82) is 0 Å². The fraction of sp³-hybridized carbons (Fsp3) is 0.333. The van der Waals surface area contributed by atoms with Crippen LogP contribution in [-0.4, -0.2) is 6.21 Å². The standard InChI is InChI=1S/C3H3N.2CH4.CH3.Ir.Y.H2/c1-2-3-4;;;;;;/h1-3H;2*1H4;1H3;;;1H/q-2;;;-1;+3;;. The summed E-state index contributed by atoms with van der Waals surface area (Å²) < 4.78 is 0. The molecular formula is C6H16IrNY. The zero-order valence-electron chi connectivity index (χ0n) is 4.09. The smallest absolute Gasteiger partial charge is 0.911 e. The molecule has 0 amide bonds. The van der Waals surface area contributed by atoms with Gasteiger partial charge in [0.2, 0.25) is 0 Å². The second kappa shape index (κ2) is 61.0. The fourth-order valence-corrected chi connectivity index (χ4v) is 0. The van der Waals surface area contributed by atoms with Gasteiger partial charge in [-0.1, -0.05) is 14.9 Å². The summed E-state index contributed by atoms with van der Waals surface area (Å²) in [6.45, 7) is 4.60. The molecule has 0 N–H and O–H groups in total. The van der Waals surface area contributed by atoms with Crippen molar-refractivity contribution in [3.8, 4) is 0 Å². The second-order valence-corrected chi connectivity index (χ2v) is 0.342. The maximum Gasteiger partial charge on any atom is 3.00 e. The SMILES string of the molecule is C.C.[CH-]=CC=[N-].[CH3-].[HH].[Ir+3].[Y]. The van der Waals surface area contributed by atoms with Crippen molar-refractivity contribution >= 4 is 6.21 Å². The van der Waals surface area contributed by atoms with E-state index in [0.717, 1.165) is 12.3 Å². The molecule has 0 aliphatic carbocycles. The first-order chi connectivity index (χ1) is 1.91. The monoisotopic (exact) mass is 384 g/mol. The Hall–Kier alpha value is 1.16. The molecule has 9 heavy (non-hydrogen) atoms. The molecule has 1 nitrogen and oxygen atoms in total. The first-order valence-electron chi connectivity index (χ1n) is 0.925. The van der Waals surface area contributed by atoms with Crippen LogP contribution in [0.1, 0.15) is 16.3 Å². The maximum atomic E-state index is 7.57. The maximum absolute atomic E-state index is 7.57. The van der Waals surface area contributed by atoms with Crippen LogP contribution in [0, 0.1) is 14.0 Å². The molecule has 1 radical (unpaired) electrons. The van der Waals surface area contributed by atoms with Gasteiger partial charge < -0.3 is 19.1 Å². The third-order valence-corrected chi connectivity index (χ3v) is 0.0861. The number of rotatable bonds is 1. The molecular weight excluding hydrogens is 367 g/mol. The third kappa shape index (κ3) is 100. The summed E-state index contributed by atoms with van der Waals surface area (Å²) in [7, 11) is 0. The van der Waals surface area contributed by atoms with E-state index in [1.54, 1.807) is 0 Å². The van der Waals surface area contributed by atoms with Crippen LogP contribution in [0.4, 0.5) is 0 Å². The van der Waals surface area contributed by atoms with Crippen LogP contribution in [0.15, 0.2) is 6.08 Å². The number of nitrogens with zero attached hydrogens (tertiary/aromatic N) is 1. The van der Waals surface area contributed by atoms with Crippen molar-refractivity contribution in [2.75, 3.05) is 0 Å². The first kappa shape index (κ1) is 49.2. The van der Waals surface area contributed by atoms with E-state index >= 15 is 0 Å². The van der Waals surface area contributed by atoms with Gasteiger partial charge in [0.05, 0.1) is 0 Å². The predicted octanol–water partition coefficient (Wildman–Crippen LogP) is 2.58. The quantitative estimate of drug-likeness (QED) is 0.491. The van der Waals surface area contributed by atoms with Crippen LogP contribution < -0.4 is 0 Å². The van der Waals surface area contributed by atoms with Crippen molar-refractivity contribution < 1.29 is 54.2 Å². The zero-order chi connectivity index (χ0) is 3.41. The molecule has 57 valence electrons. The molecule has 0 atom stereocenters. The van der Waals surface area contributed by atoms with E-state index in [0.29, 0.717) is 0 Å². The summed E-state index contributed by atoms with van der Waals surface area (Å²) in [5.74, 6) is 0. The minimum absolute atomic E-state index is 0. The van der Waals surface area contributed by atoms with Crippen molar-refractivity contribution in [3.05, 3.63) is 25.5 Å². The van der Waals surface area contributed by atoms with Gasteiger partial charge in [-0.05, 0) is 0 Å². The van der Waals surface area contributed by atoms with E-state index in [9.17, 15) is 0 Å². The van der Waals surface area contributed by atoms with Gasteiger partial charge >= 0.3 is 20.1 Å². The van der Waals surface area contributed by atoms with Crippen LogP contribution >= 0.6 is 0 Å². The molecule has 0 heterocycles. The number of hydrogen-bond donors (Lipinski definition) is 0. The van der Waals surface area contributed by atoms with E-state index in [2.05, 4.69) is 6.58 Å². The van der Waals surface area contributed by atoms with E-state index in [-0.39, 0.29) is 76.5 Å². The average Bonchev–Trinajstić information content (AvgIpc) is 1.37. The van der Waals surface area contributed by atoms with Gasteiger partial charge in [-0.2, -0.15) is 0 Å². The summed E-state index contributed by atoms with van der Waals surface area (Å²) in [6, 6.07) is 0. The molecule has 0 unspecified atom stereocenters. The van der Waals surface area contributed by atoms with Gasteiger partial charge in [-0.3, -0.25) is 12.7 Å². The van der Waals surface area contributed by atoms with Crippen molar-refractivity contribution in [2.24, 2.45) is 0 Å². The molecule has 0 rings (SSSR count). The molecule has 0 aromatic carbocycles. The van der Waals surface area contributed by atoms with Crippen LogP contribution in [0.2, 0.25) is 0 Å². The Labute approximate surface area is 99.9 Å². The van der Waals surface area contributed by atoms with E-state index in [1.165, 1.54) is 0 Å². The molecule has 0 aliphatic heterocycles. The third-order valence-electron chi connectivity index (χ3n) is 0.0861. The van der Waals surface area contributed by atoms with Gasteiger partial charge in [0.1, 0.15) is 0 Å². The normalized spacial score (nSPS) is 2.22. The largest absolute Gasteiger partial charge is 3.00 e. The number of allylic oxidation sites excluding steroid dienone is 1. The topological polar surface area (TPSA) is 22.3 Å². The Morgan fingerprint density at radius 1 is 1.33 bits per heavy atom. The van der Waals surface area contributed by atoms with Gasteiger partial charge in [-0.25, -0.2) is 0 Å². The molecule has 0 aromatic heterocycles. The summed E-state index contributed by atoms with van der Waals surface area (Å²) >= 11 is 0. The van der Waals surface area contributed by atoms with Crippen LogP contribution in [-0.2, 0) is 52.8 Å². The molecule has 0 saturated carbocycles. The second-order valence-electron chi connectivity index (χ2n) is 0.342. The summed E-state index contributed by atoms with van der Waals surface area (Å²) in [6.07, 6.45) is 1.83. The Kier molecular flexibility index (Phi) is 334. The van der Waals surface area contributed by atoms with Gasteiger partial charge in [0.25, 0.3) is 0 Å². The first-order valence-corrected chi connectivity index (χ1v) is 0.925. The molecule has 0 bridgehead atoms. The molecule has 0 saturated heterocycles. The van der Waals surface area contributed by atoms with Crippen molar-refractivity contribution in [3.63, 3.8) is 0 Å². The summed E-state index contributed by atoms with van der Waals surface area (Å²) in [5.41, 5.74) is 0. The summed E-state index contributed by atoms with van der Waals surface area (Å²) in [5, 5.41) is 7.57. The molecule has 0 aliphatic rings. The van der Waals surface area contributed by atoms with Gasteiger partial charge in [-0.15, -0.1) is 0 Å². The number of hydrogen-bond acceptors (Lipinski definition) is 0. The Morgan fingerprint density at radius 3 is 1.44 bits per heavy atom. The Balaban J connectivity index is -0.00000000300. The fourth-order valence-electron chi connectivity index (χ4n) is 0. The van der Waals surface area contributed by atoms with Crippen LogP contribution in [0.5, 0.6) is 0 Å². The van der Waals surface area contributed by atoms with Gasteiger partial charge in [0.15, 0.2) is 0 Å². The molecule has 0 aromatic rings.